The van der Waals surface area contributed by atoms with Gasteiger partial charge in [0, 0.05) is 25.8 Å². The zero-order valence-electron chi connectivity index (χ0n) is 12.0. The molecule has 1 rings (SSSR count). The van der Waals surface area contributed by atoms with E-state index in [1.54, 1.807) is 12.1 Å². The maximum atomic E-state index is 13.1. The van der Waals surface area contributed by atoms with Gasteiger partial charge in [-0.05, 0) is 36.6 Å². The lowest BCUT2D eigenvalue weighted by Gasteiger charge is -2.21. The molecule has 2 nitrogen and oxygen atoms in total. The van der Waals surface area contributed by atoms with Crippen LogP contribution in [0, 0.1) is 11.2 Å². The van der Waals surface area contributed by atoms with E-state index in [-0.39, 0.29) is 5.82 Å². The van der Waals surface area contributed by atoms with E-state index in [0.717, 1.165) is 31.7 Å². The maximum absolute atomic E-state index is 13.1. The van der Waals surface area contributed by atoms with Gasteiger partial charge in [-0.2, -0.15) is 0 Å². The summed E-state index contributed by atoms with van der Waals surface area (Å²) in [6.07, 6.45) is 1.16. The number of hydrogen-bond donors (Lipinski definition) is 1. The van der Waals surface area contributed by atoms with E-state index < -0.39 is 0 Å². The Labute approximate surface area is 110 Å². The second-order valence-electron chi connectivity index (χ2n) is 5.96. The Morgan fingerprint density at radius 3 is 2.56 bits per heavy atom. The number of hydrogen-bond acceptors (Lipinski definition) is 2. The third kappa shape index (κ3) is 6.01. The summed E-state index contributed by atoms with van der Waals surface area (Å²) >= 11 is 0. The van der Waals surface area contributed by atoms with Gasteiger partial charge >= 0.3 is 0 Å². The Morgan fingerprint density at radius 2 is 1.94 bits per heavy atom. The summed E-state index contributed by atoms with van der Waals surface area (Å²) in [6.45, 7) is 9.56. The Bertz CT molecular complexity index is 358. The Kier molecular flexibility index (Phi) is 5.60. The number of rotatable bonds is 6. The number of halogens is 1. The Balaban J connectivity index is 2.23. The first-order valence-corrected chi connectivity index (χ1v) is 6.56. The first kappa shape index (κ1) is 15.0. The summed E-state index contributed by atoms with van der Waals surface area (Å²) < 4.78 is 13.1. The molecule has 0 saturated heterocycles. The lowest BCUT2D eigenvalue weighted by atomic mass is 9.92. The van der Waals surface area contributed by atoms with Crippen LogP contribution in [-0.4, -0.2) is 26.7 Å². The molecule has 0 atom stereocenters. The molecule has 0 saturated carbocycles. The monoisotopic (exact) mass is 252 g/mol. The van der Waals surface area contributed by atoms with E-state index in [0.29, 0.717) is 5.41 Å². The zero-order chi connectivity index (χ0) is 13.6. The van der Waals surface area contributed by atoms with Crippen molar-refractivity contribution in [1.82, 2.24) is 5.32 Å². The molecule has 0 aliphatic heterocycles. The predicted octanol–water partition coefficient (Wildman–Crippen LogP) is 3.29. The Morgan fingerprint density at radius 1 is 1.22 bits per heavy atom. The fourth-order valence-corrected chi connectivity index (χ4v) is 1.68. The van der Waals surface area contributed by atoms with Gasteiger partial charge in [-0.25, -0.2) is 4.39 Å². The highest BCUT2D eigenvalue weighted by Gasteiger charge is 2.08. The van der Waals surface area contributed by atoms with Crippen molar-refractivity contribution in [2.24, 2.45) is 5.41 Å². The molecule has 1 aromatic carbocycles. The minimum atomic E-state index is -0.181. The molecule has 0 amide bonds. The summed E-state index contributed by atoms with van der Waals surface area (Å²) in [7, 11) is 1.99. The molecule has 1 aromatic rings. The molecular weight excluding hydrogens is 227 g/mol. The SMILES string of the molecule is CN(CCNCCC(C)(C)C)c1cccc(F)c1. The van der Waals surface area contributed by atoms with E-state index in [4.69, 9.17) is 0 Å². The van der Waals surface area contributed by atoms with Crippen LogP contribution in [0.3, 0.4) is 0 Å². The number of likely N-dealkylation sites (N-methyl/N-ethyl adjacent to an activating group) is 1. The van der Waals surface area contributed by atoms with Gasteiger partial charge in [0.05, 0.1) is 0 Å². The molecule has 18 heavy (non-hydrogen) atoms. The minimum absolute atomic E-state index is 0.181. The first-order chi connectivity index (χ1) is 8.38. The van der Waals surface area contributed by atoms with Crippen LogP contribution in [0.2, 0.25) is 0 Å². The topological polar surface area (TPSA) is 15.3 Å². The van der Waals surface area contributed by atoms with Gasteiger partial charge < -0.3 is 10.2 Å². The van der Waals surface area contributed by atoms with Gasteiger partial charge in [-0.15, -0.1) is 0 Å². The van der Waals surface area contributed by atoms with Crippen LogP contribution in [0.5, 0.6) is 0 Å². The molecule has 0 unspecified atom stereocenters. The third-order valence-electron chi connectivity index (χ3n) is 2.92. The summed E-state index contributed by atoms with van der Waals surface area (Å²) in [4.78, 5) is 2.06. The van der Waals surface area contributed by atoms with Crippen LogP contribution in [0.25, 0.3) is 0 Å². The smallest absolute Gasteiger partial charge is 0.125 e. The van der Waals surface area contributed by atoms with Crippen molar-refractivity contribution in [3.8, 4) is 0 Å². The second kappa shape index (κ2) is 6.74. The van der Waals surface area contributed by atoms with Gasteiger partial charge in [-0.3, -0.25) is 0 Å². The van der Waals surface area contributed by atoms with Gasteiger partial charge in [0.2, 0.25) is 0 Å². The molecule has 0 aromatic heterocycles. The van der Waals surface area contributed by atoms with Gasteiger partial charge in [0.15, 0.2) is 0 Å². The quantitative estimate of drug-likeness (QED) is 0.782. The fourth-order valence-electron chi connectivity index (χ4n) is 1.68. The largest absolute Gasteiger partial charge is 0.373 e. The molecule has 0 heterocycles. The van der Waals surface area contributed by atoms with Crippen LogP contribution >= 0.6 is 0 Å². The summed E-state index contributed by atoms with van der Waals surface area (Å²) in [5, 5.41) is 3.42. The van der Waals surface area contributed by atoms with Crippen LogP contribution < -0.4 is 10.2 Å². The van der Waals surface area contributed by atoms with Gasteiger partial charge in [0.25, 0.3) is 0 Å². The molecule has 102 valence electrons. The fraction of sp³-hybridized carbons (Fsp3) is 0.600. The van der Waals surface area contributed by atoms with Crippen molar-refractivity contribution in [3.05, 3.63) is 30.1 Å². The maximum Gasteiger partial charge on any atom is 0.125 e. The normalized spacial score (nSPS) is 11.6. The van der Waals surface area contributed by atoms with E-state index in [9.17, 15) is 4.39 Å². The standard InChI is InChI=1S/C15H25FN2/c1-15(2,3)8-9-17-10-11-18(4)14-7-5-6-13(16)12-14/h5-7,12,17H,8-11H2,1-4H3. The highest BCUT2D eigenvalue weighted by atomic mass is 19.1. The third-order valence-corrected chi connectivity index (χ3v) is 2.92. The lowest BCUT2D eigenvalue weighted by Crippen LogP contribution is -2.30. The zero-order valence-corrected chi connectivity index (χ0v) is 12.0. The van der Waals surface area contributed by atoms with Crippen molar-refractivity contribution in [2.75, 3.05) is 31.6 Å². The number of anilines is 1. The molecule has 0 radical (unpaired) electrons. The number of benzene rings is 1. The minimum Gasteiger partial charge on any atom is -0.373 e. The van der Waals surface area contributed by atoms with Gasteiger partial charge in [-0.1, -0.05) is 26.8 Å². The molecule has 0 fully saturated rings. The molecular formula is C15H25FN2. The number of nitrogens with one attached hydrogen (secondary N) is 1. The summed E-state index contributed by atoms with van der Waals surface area (Å²) in [5.41, 5.74) is 1.30. The molecule has 0 bridgehead atoms. The van der Waals surface area contributed by atoms with Crippen molar-refractivity contribution in [3.63, 3.8) is 0 Å². The van der Waals surface area contributed by atoms with Crippen molar-refractivity contribution >= 4 is 5.69 Å². The molecule has 1 N–H and O–H groups in total. The first-order valence-electron chi connectivity index (χ1n) is 6.56. The predicted molar refractivity (Wildman–Crippen MR) is 76.6 cm³/mol. The average Bonchev–Trinajstić information content (AvgIpc) is 2.26. The van der Waals surface area contributed by atoms with Crippen LogP contribution in [0.4, 0.5) is 10.1 Å². The highest BCUT2D eigenvalue weighted by Crippen LogP contribution is 2.17. The Hall–Kier alpha value is -1.09. The molecule has 3 heteroatoms. The molecule has 0 spiro atoms. The van der Waals surface area contributed by atoms with Crippen molar-refractivity contribution < 1.29 is 4.39 Å². The number of nitrogens with zero attached hydrogens (tertiary/aromatic N) is 1. The summed E-state index contributed by atoms with van der Waals surface area (Å²) in [5.74, 6) is -0.181. The van der Waals surface area contributed by atoms with E-state index in [1.165, 1.54) is 6.07 Å². The van der Waals surface area contributed by atoms with Crippen LogP contribution in [0.1, 0.15) is 27.2 Å². The second-order valence-corrected chi connectivity index (χ2v) is 5.96. The highest BCUT2D eigenvalue weighted by molar-refractivity contribution is 5.45. The van der Waals surface area contributed by atoms with Crippen LogP contribution in [0.15, 0.2) is 24.3 Å². The summed E-state index contributed by atoms with van der Waals surface area (Å²) in [6, 6.07) is 6.71. The molecule has 0 aliphatic rings. The van der Waals surface area contributed by atoms with E-state index in [1.807, 2.05) is 13.1 Å². The van der Waals surface area contributed by atoms with Crippen molar-refractivity contribution in [2.45, 2.75) is 27.2 Å². The van der Waals surface area contributed by atoms with E-state index in [2.05, 4.69) is 31.0 Å². The van der Waals surface area contributed by atoms with Crippen LogP contribution in [-0.2, 0) is 0 Å². The van der Waals surface area contributed by atoms with Gasteiger partial charge in [0.1, 0.15) is 5.82 Å². The van der Waals surface area contributed by atoms with E-state index >= 15 is 0 Å². The lowest BCUT2D eigenvalue weighted by molar-refractivity contribution is 0.368. The van der Waals surface area contributed by atoms with Crippen molar-refractivity contribution in [1.29, 1.82) is 0 Å². The average molecular weight is 252 g/mol. The molecule has 0 aliphatic carbocycles.